The second-order valence-corrected chi connectivity index (χ2v) is 2.41. The van der Waals surface area contributed by atoms with Crippen LogP contribution < -0.4 is 0 Å². The number of carboxylic acids is 3. The quantitative estimate of drug-likeness (QED) is 0.451. The summed E-state index contributed by atoms with van der Waals surface area (Å²) in [4.78, 5) is 26.7. The second-order valence-electron chi connectivity index (χ2n) is 2.41. The van der Waals surface area contributed by atoms with Gasteiger partial charge in [-0.1, -0.05) is 0 Å². The molecule has 0 aromatic heterocycles. The van der Waals surface area contributed by atoms with Crippen molar-refractivity contribution >= 4 is 17.9 Å². The van der Waals surface area contributed by atoms with Gasteiger partial charge in [0.25, 0.3) is 0 Å². The molecule has 130 valence electrons. The smallest absolute Gasteiger partial charge is 0.475 e. The Balaban J connectivity index is -0.000000108. The van der Waals surface area contributed by atoms with E-state index in [-0.39, 0.29) is 40.8 Å². The van der Waals surface area contributed by atoms with Gasteiger partial charge in [0.05, 0.1) is 0 Å². The molecular formula is C6H3F9NdO6. The molecule has 0 saturated heterocycles. The van der Waals surface area contributed by atoms with Gasteiger partial charge in [-0.3, -0.25) is 0 Å². The third kappa shape index (κ3) is 21.4. The van der Waals surface area contributed by atoms with Gasteiger partial charge in [0, 0.05) is 40.8 Å². The fraction of sp³-hybridized carbons (Fsp3) is 0.500. The van der Waals surface area contributed by atoms with Gasteiger partial charge in [0.15, 0.2) is 0 Å². The monoisotopic (exact) mass is 484 g/mol. The fourth-order valence-corrected chi connectivity index (χ4v) is 0. The minimum absolute atomic E-state index is 0. The molecule has 0 bridgehead atoms. The normalized spacial score (nSPS) is 10.8. The fourth-order valence-electron chi connectivity index (χ4n) is 0. The number of halogens is 9. The first-order valence-corrected chi connectivity index (χ1v) is 3.73. The molecule has 22 heavy (non-hydrogen) atoms. The van der Waals surface area contributed by atoms with Gasteiger partial charge in [-0.15, -0.1) is 0 Å². The van der Waals surface area contributed by atoms with E-state index in [1.54, 1.807) is 0 Å². The van der Waals surface area contributed by atoms with Gasteiger partial charge >= 0.3 is 36.4 Å². The van der Waals surface area contributed by atoms with Gasteiger partial charge in [-0.25, -0.2) is 14.4 Å². The van der Waals surface area contributed by atoms with E-state index in [2.05, 4.69) is 0 Å². The number of aliphatic carboxylic acids is 3. The summed E-state index contributed by atoms with van der Waals surface area (Å²) in [5, 5.41) is 21.4. The molecule has 0 radical (unpaired) electrons. The van der Waals surface area contributed by atoms with E-state index in [1.807, 2.05) is 0 Å². The van der Waals surface area contributed by atoms with Crippen molar-refractivity contribution in [2.24, 2.45) is 0 Å². The van der Waals surface area contributed by atoms with Gasteiger partial charge in [0.1, 0.15) is 0 Å². The van der Waals surface area contributed by atoms with Crippen LogP contribution in [0.15, 0.2) is 0 Å². The first-order chi connectivity index (χ1) is 8.83. The van der Waals surface area contributed by atoms with Crippen LogP contribution in [0.25, 0.3) is 0 Å². The van der Waals surface area contributed by atoms with Crippen LogP contribution in [0.2, 0.25) is 0 Å². The van der Waals surface area contributed by atoms with Crippen molar-refractivity contribution in [3.63, 3.8) is 0 Å². The van der Waals surface area contributed by atoms with Crippen molar-refractivity contribution < 1.29 is 110 Å². The minimum atomic E-state index is -5.08. The van der Waals surface area contributed by atoms with Crippen molar-refractivity contribution in [3.8, 4) is 0 Å². The number of carbonyl (C=O) groups is 3. The molecule has 0 heterocycles. The maximum atomic E-state index is 10.6. The molecule has 0 unspecified atom stereocenters. The van der Waals surface area contributed by atoms with Gasteiger partial charge in [-0.2, -0.15) is 39.5 Å². The SMILES string of the molecule is O=C(O)C(F)(F)F.O=C(O)C(F)(F)F.O=C(O)C(F)(F)F.[Nd]. The predicted octanol–water partition coefficient (Wildman–Crippen LogP) is 1.90. The maximum Gasteiger partial charge on any atom is 0.490 e. The second kappa shape index (κ2) is 10.8. The molecule has 0 aliphatic rings. The molecule has 0 aromatic carbocycles. The summed E-state index contributed by atoms with van der Waals surface area (Å²) in [7, 11) is 0. The molecular weight excluding hydrogens is 483 g/mol. The third-order valence-corrected chi connectivity index (χ3v) is 0.728. The minimum Gasteiger partial charge on any atom is -0.475 e. The molecule has 0 aliphatic carbocycles. The summed E-state index contributed by atoms with van der Waals surface area (Å²) >= 11 is 0. The first kappa shape index (κ1) is 29.2. The van der Waals surface area contributed by atoms with Crippen LogP contribution in [0.3, 0.4) is 0 Å². The number of rotatable bonds is 0. The van der Waals surface area contributed by atoms with Crippen LogP contribution in [0, 0.1) is 40.8 Å². The Bertz CT molecular complexity index is 313. The average Bonchev–Trinajstić information content (AvgIpc) is 2.14. The Labute approximate surface area is 146 Å². The molecule has 0 saturated carbocycles. The number of hydrogen-bond donors (Lipinski definition) is 3. The summed E-state index contributed by atoms with van der Waals surface area (Å²) in [6.07, 6.45) is -15.3. The number of carboxylic acid groups (broad SMARTS) is 3. The molecule has 0 rings (SSSR count). The summed E-state index contributed by atoms with van der Waals surface area (Å²) < 4.78 is 95.2. The van der Waals surface area contributed by atoms with E-state index in [0.29, 0.717) is 0 Å². The maximum absolute atomic E-state index is 10.6. The van der Waals surface area contributed by atoms with Crippen LogP contribution in [-0.2, 0) is 14.4 Å². The van der Waals surface area contributed by atoms with E-state index in [0.717, 1.165) is 0 Å². The first-order valence-electron chi connectivity index (χ1n) is 3.73. The summed E-state index contributed by atoms with van der Waals surface area (Å²) in [6, 6.07) is 0. The zero-order valence-electron chi connectivity index (χ0n) is 9.47. The van der Waals surface area contributed by atoms with Crippen LogP contribution >= 0.6 is 0 Å². The van der Waals surface area contributed by atoms with E-state index < -0.39 is 36.4 Å². The third-order valence-electron chi connectivity index (χ3n) is 0.728. The molecule has 16 heteroatoms. The van der Waals surface area contributed by atoms with E-state index in [4.69, 9.17) is 29.7 Å². The van der Waals surface area contributed by atoms with Gasteiger partial charge < -0.3 is 15.3 Å². The standard InChI is InChI=1S/3C2HF3O2.Nd/c3*3-2(4,5)1(6)7;/h3*(H,6,7);. The number of hydrogen-bond acceptors (Lipinski definition) is 3. The molecule has 0 atom stereocenters. The van der Waals surface area contributed by atoms with Crippen LogP contribution in [-0.4, -0.2) is 51.8 Å². The average molecular weight is 486 g/mol. The molecule has 0 aromatic rings. The van der Waals surface area contributed by atoms with Gasteiger partial charge in [-0.05, 0) is 0 Å². The van der Waals surface area contributed by atoms with Crippen molar-refractivity contribution in [2.45, 2.75) is 18.5 Å². The van der Waals surface area contributed by atoms with Crippen molar-refractivity contribution in [1.82, 2.24) is 0 Å². The Morgan fingerprint density at radius 2 is 0.545 bits per heavy atom. The van der Waals surface area contributed by atoms with E-state index in [1.165, 1.54) is 0 Å². The van der Waals surface area contributed by atoms with Crippen LogP contribution in [0.1, 0.15) is 0 Å². The van der Waals surface area contributed by atoms with E-state index >= 15 is 0 Å². The summed E-state index contributed by atoms with van der Waals surface area (Å²) in [6.45, 7) is 0. The van der Waals surface area contributed by atoms with Crippen LogP contribution in [0.5, 0.6) is 0 Å². The molecule has 3 N–H and O–H groups in total. The van der Waals surface area contributed by atoms with Crippen molar-refractivity contribution in [1.29, 1.82) is 0 Å². The molecule has 0 amide bonds. The molecule has 0 spiro atoms. The zero-order valence-corrected chi connectivity index (χ0v) is 12.7. The van der Waals surface area contributed by atoms with Gasteiger partial charge in [0.2, 0.25) is 0 Å². The Morgan fingerprint density at radius 1 is 0.500 bits per heavy atom. The Hall–Kier alpha value is -0.869. The zero-order chi connectivity index (χ0) is 18.2. The molecule has 6 nitrogen and oxygen atoms in total. The Kier molecular flexibility index (Phi) is 14.3. The predicted molar refractivity (Wildman–Crippen MR) is 41.1 cm³/mol. The number of alkyl halides is 9. The molecule has 0 aliphatic heterocycles. The van der Waals surface area contributed by atoms with Crippen LogP contribution in [0.4, 0.5) is 39.5 Å². The Morgan fingerprint density at radius 3 is 0.545 bits per heavy atom. The topological polar surface area (TPSA) is 112 Å². The summed E-state index contributed by atoms with van der Waals surface area (Å²) in [5.41, 5.74) is 0. The van der Waals surface area contributed by atoms with Crippen molar-refractivity contribution in [3.05, 3.63) is 0 Å². The molecule has 0 fully saturated rings. The largest absolute Gasteiger partial charge is 0.490 e. The van der Waals surface area contributed by atoms with Crippen molar-refractivity contribution in [2.75, 3.05) is 0 Å². The van der Waals surface area contributed by atoms with E-state index in [9.17, 15) is 39.5 Å². The summed E-state index contributed by atoms with van der Waals surface area (Å²) in [5.74, 6) is -8.27.